The number of halogens is 1. The number of carbonyl (C=O) groups is 1. The number of benzene rings is 1. The van der Waals surface area contributed by atoms with Crippen molar-refractivity contribution in [3.63, 3.8) is 0 Å². The lowest BCUT2D eigenvalue weighted by Crippen LogP contribution is -2.32. The van der Waals surface area contributed by atoms with Crippen molar-refractivity contribution >= 4 is 17.6 Å². The molecule has 4 aliphatic rings. The molecule has 0 spiro atoms. The lowest BCUT2D eigenvalue weighted by atomic mass is 9.91. The maximum atomic E-state index is 12.0. The molecule has 3 aliphatic heterocycles. The van der Waals surface area contributed by atoms with Gasteiger partial charge in [-0.15, -0.1) is 0 Å². The molecular weight excluding hydrogens is 472 g/mol. The van der Waals surface area contributed by atoms with Crippen molar-refractivity contribution in [1.82, 2.24) is 0 Å². The van der Waals surface area contributed by atoms with Crippen molar-refractivity contribution in [1.29, 1.82) is 0 Å². The first-order valence-electron chi connectivity index (χ1n) is 12.9. The third-order valence-electron chi connectivity index (χ3n) is 7.24. The van der Waals surface area contributed by atoms with Crippen LogP contribution in [0.1, 0.15) is 51.4 Å². The second-order valence-electron chi connectivity index (χ2n) is 9.80. The van der Waals surface area contributed by atoms with E-state index in [-0.39, 0.29) is 48.7 Å². The van der Waals surface area contributed by atoms with Gasteiger partial charge < -0.3 is 28.4 Å². The minimum absolute atomic E-state index is 0.0431. The summed E-state index contributed by atoms with van der Waals surface area (Å²) in [4.78, 5) is 12.0. The van der Waals surface area contributed by atoms with Gasteiger partial charge in [-0.3, -0.25) is 4.79 Å². The summed E-state index contributed by atoms with van der Waals surface area (Å²) >= 11 is 6.11. The molecule has 3 heterocycles. The zero-order valence-electron chi connectivity index (χ0n) is 20.0. The van der Waals surface area contributed by atoms with E-state index in [0.29, 0.717) is 36.8 Å². The maximum absolute atomic E-state index is 12.0. The number of carbonyl (C=O) groups excluding carboxylic acids is 1. The molecular formula is C27H35ClO7. The van der Waals surface area contributed by atoms with Crippen molar-refractivity contribution in [3.05, 3.63) is 41.4 Å². The Balaban J connectivity index is 1.28. The molecule has 3 saturated heterocycles. The number of hydrogen-bond donors (Lipinski definition) is 0. The van der Waals surface area contributed by atoms with E-state index < -0.39 is 0 Å². The topological polar surface area (TPSA) is 72.5 Å². The van der Waals surface area contributed by atoms with E-state index in [2.05, 4.69) is 6.08 Å². The first kappa shape index (κ1) is 25.0. The highest BCUT2D eigenvalue weighted by Gasteiger charge is 2.50. The Kier molecular flexibility index (Phi) is 8.63. The molecule has 7 atom stereocenters. The highest BCUT2D eigenvalue weighted by Crippen LogP contribution is 2.44. The Morgan fingerprint density at radius 1 is 1.09 bits per heavy atom. The normalized spacial score (nSPS) is 34.0. The predicted octanol–water partition coefficient (Wildman–Crippen LogP) is 5.05. The van der Waals surface area contributed by atoms with Crippen molar-refractivity contribution < 1.29 is 33.2 Å². The smallest absolute Gasteiger partial charge is 0.306 e. The molecule has 1 aliphatic carbocycles. The third kappa shape index (κ3) is 6.77. The summed E-state index contributed by atoms with van der Waals surface area (Å²) in [5, 5.41) is 0.624. The number of fused-ring (bicyclic) bond motifs is 1. The summed E-state index contributed by atoms with van der Waals surface area (Å²) in [6, 6.07) is 7.34. The van der Waals surface area contributed by atoms with Crippen LogP contribution in [0.3, 0.4) is 0 Å². The lowest BCUT2D eigenvalue weighted by molar-refractivity contribution is -0.194. The van der Waals surface area contributed by atoms with E-state index in [1.54, 1.807) is 6.07 Å². The molecule has 8 heteroatoms. The maximum Gasteiger partial charge on any atom is 0.306 e. The van der Waals surface area contributed by atoms with Gasteiger partial charge in [-0.1, -0.05) is 29.8 Å². The zero-order chi connectivity index (χ0) is 24.0. The van der Waals surface area contributed by atoms with Gasteiger partial charge in [0.05, 0.1) is 12.5 Å². The Morgan fingerprint density at radius 3 is 2.63 bits per heavy atom. The second-order valence-corrected chi connectivity index (χ2v) is 10.2. The Hall–Kier alpha value is -1.64. The van der Waals surface area contributed by atoms with Gasteiger partial charge in [0.1, 0.15) is 24.6 Å². The minimum atomic E-state index is -0.319. The van der Waals surface area contributed by atoms with Gasteiger partial charge in [0.2, 0.25) is 0 Å². The minimum Gasteiger partial charge on any atom is -0.490 e. The van der Waals surface area contributed by atoms with E-state index in [1.807, 2.05) is 24.3 Å². The molecule has 35 heavy (non-hydrogen) atoms. The van der Waals surface area contributed by atoms with E-state index in [1.165, 1.54) is 0 Å². The number of hydrogen-bond acceptors (Lipinski definition) is 7. The monoisotopic (exact) mass is 506 g/mol. The van der Waals surface area contributed by atoms with Crippen LogP contribution in [0.15, 0.2) is 36.4 Å². The fourth-order valence-corrected chi connectivity index (χ4v) is 5.64. The van der Waals surface area contributed by atoms with E-state index in [9.17, 15) is 4.79 Å². The van der Waals surface area contributed by atoms with Crippen molar-refractivity contribution in [3.8, 4) is 5.75 Å². The third-order valence-corrected chi connectivity index (χ3v) is 7.47. The van der Waals surface area contributed by atoms with Crippen LogP contribution < -0.4 is 4.74 Å². The Labute approximate surface area is 212 Å². The van der Waals surface area contributed by atoms with Gasteiger partial charge in [0.25, 0.3) is 0 Å². The molecule has 0 aromatic heterocycles. The fourth-order valence-electron chi connectivity index (χ4n) is 5.46. The highest BCUT2D eigenvalue weighted by atomic mass is 35.5. The number of ether oxygens (including phenoxy) is 6. The van der Waals surface area contributed by atoms with Crippen LogP contribution in [-0.2, 0) is 28.5 Å². The van der Waals surface area contributed by atoms with Gasteiger partial charge in [-0.05, 0) is 56.7 Å². The molecule has 1 aromatic carbocycles. The van der Waals surface area contributed by atoms with Crippen molar-refractivity contribution in [2.75, 3.05) is 19.8 Å². The molecule has 2 unspecified atom stereocenters. The van der Waals surface area contributed by atoms with Crippen LogP contribution in [0, 0.1) is 11.8 Å². The average Bonchev–Trinajstić information content (AvgIpc) is 3.37. The second kappa shape index (κ2) is 12.1. The van der Waals surface area contributed by atoms with Gasteiger partial charge in [0, 0.05) is 36.5 Å². The first-order chi connectivity index (χ1) is 17.1. The predicted molar refractivity (Wildman–Crippen MR) is 129 cm³/mol. The van der Waals surface area contributed by atoms with Crippen molar-refractivity contribution in [2.24, 2.45) is 11.8 Å². The molecule has 7 nitrogen and oxygen atoms in total. The molecule has 5 rings (SSSR count). The van der Waals surface area contributed by atoms with Gasteiger partial charge in [-0.25, -0.2) is 0 Å². The standard InChI is InChI=1S/C27H35ClO7/c28-18-6-5-7-19(14-18)32-17-20(33-26-8-1-3-12-30-26)10-11-21-22-15-25(29)34-24(22)16-23(21)35-27-9-2-4-13-31-27/h5-7,10-11,14,20-24,26-27H,1-4,8-9,12-13,15-17H2/t20-,21-,22-,23-,24+,26?,27?/m1/s1. The van der Waals surface area contributed by atoms with Crippen LogP contribution in [0.2, 0.25) is 5.02 Å². The molecule has 192 valence electrons. The molecule has 0 bridgehead atoms. The summed E-state index contributed by atoms with van der Waals surface area (Å²) in [6.45, 7) is 1.77. The van der Waals surface area contributed by atoms with Crippen molar-refractivity contribution in [2.45, 2.75) is 82.3 Å². The molecule has 0 radical (unpaired) electrons. The van der Waals surface area contributed by atoms with Gasteiger partial charge >= 0.3 is 5.97 Å². The molecule has 0 amide bonds. The molecule has 0 N–H and O–H groups in total. The quantitative estimate of drug-likeness (QED) is 0.343. The Bertz CT molecular complexity index is 865. The fraction of sp³-hybridized carbons (Fsp3) is 0.667. The highest BCUT2D eigenvalue weighted by molar-refractivity contribution is 6.30. The van der Waals surface area contributed by atoms with Crippen LogP contribution in [-0.4, -0.2) is 56.7 Å². The lowest BCUT2D eigenvalue weighted by Gasteiger charge is -2.29. The zero-order valence-corrected chi connectivity index (χ0v) is 20.8. The van der Waals surface area contributed by atoms with Gasteiger partial charge in [-0.2, -0.15) is 0 Å². The summed E-state index contributed by atoms with van der Waals surface area (Å²) in [5.74, 6) is 0.711. The Morgan fingerprint density at radius 2 is 1.89 bits per heavy atom. The average molecular weight is 507 g/mol. The number of rotatable bonds is 9. The molecule has 1 aromatic rings. The van der Waals surface area contributed by atoms with Crippen LogP contribution >= 0.6 is 11.6 Å². The van der Waals surface area contributed by atoms with E-state index >= 15 is 0 Å². The van der Waals surface area contributed by atoms with Crippen LogP contribution in [0.25, 0.3) is 0 Å². The summed E-state index contributed by atoms with van der Waals surface area (Å²) in [7, 11) is 0. The van der Waals surface area contributed by atoms with Crippen LogP contribution in [0.4, 0.5) is 0 Å². The van der Waals surface area contributed by atoms with Crippen LogP contribution in [0.5, 0.6) is 5.75 Å². The van der Waals surface area contributed by atoms with E-state index in [0.717, 1.165) is 45.1 Å². The molecule has 4 fully saturated rings. The first-order valence-corrected chi connectivity index (χ1v) is 13.3. The molecule has 1 saturated carbocycles. The number of esters is 1. The van der Waals surface area contributed by atoms with Gasteiger partial charge in [0.15, 0.2) is 12.6 Å². The largest absolute Gasteiger partial charge is 0.490 e. The summed E-state index contributed by atoms with van der Waals surface area (Å²) < 4.78 is 35.9. The van der Waals surface area contributed by atoms with E-state index in [4.69, 9.17) is 40.0 Å². The summed E-state index contributed by atoms with van der Waals surface area (Å²) in [6.07, 6.45) is 10.5. The summed E-state index contributed by atoms with van der Waals surface area (Å²) in [5.41, 5.74) is 0. The SMILES string of the molecule is O=C1C[C@@H]2[C@@H](C=C[C@H](COc3cccc(Cl)c3)OC3CCCCO3)[C@H](OC3CCCCO3)C[C@@H]2O1.